The number of esters is 1. The van der Waals surface area contributed by atoms with E-state index in [1.807, 2.05) is 54.6 Å². The Kier molecular flexibility index (Phi) is 4.49. The van der Waals surface area contributed by atoms with Gasteiger partial charge in [0.15, 0.2) is 11.8 Å². The lowest BCUT2D eigenvalue weighted by molar-refractivity contribution is 0.0312. The molecule has 0 aliphatic heterocycles. The van der Waals surface area contributed by atoms with Crippen LogP contribution < -0.4 is 0 Å². The van der Waals surface area contributed by atoms with Crippen LogP contribution in [-0.2, 0) is 4.74 Å². The Morgan fingerprint density at radius 3 is 2.54 bits per heavy atom. The number of hydrogen-bond acceptors (Lipinski definition) is 5. The maximum atomic E-state index is 12.8. The summed E-state index contributed by atoms with van der Waals surface area (Å²) in [5.41, 5.74) is 2.59. The number of aromatic amines is 1. The zero-order chi connectivity index (χ0) is 19.7. The molecule has 2 aromatic heterocycles. The van der Waals surface area contributed by atoms with Gasteiger partial charge in [0.05, 0.1) is 11.4 Å². The summed E-state index contributed by atoms with van der Waals surface area (Å²) in [5, 5.41) is 9.27. The van der Waals surface area contributed by atoms with Crippen LogP contribution in [0.3, 0.4) is 0 Å². The molecule has 7 heteroatoms. The highest BCUT2D eigenvalue weighted by Crippen LogP contribution is 2.20. The van der Waals surface area contributed by atoms with Gasteiger partial charge in [0.1, 0.15) is 0 Å². The van der Waals surface area contributed by atoms with Gasteiger partial charge in [0.25, 0.3) is 0 Å². The first-order valence-electron chi connectivity index (χ1n) is 8.85. The van der Waals surface area contributed by atoms with Crippen molar-refractivity contribution >= 4 is 22.7 Å². The van der Waals surface area contributed by atoms with Gasteiger partial charge in [-0.2, -0.15) is 9.90 Å². The minimum absolute atomic E-state index is 0.0856. The minimum atomic E-state index is -0.951. The number of carbonyl (C=O) groups excluding carboxylic acids is 2. The molecular weight excluding hydrogens is 356 g/mol. The molecule has 2 aromatic carbocycles. The third-order valence-corrected chi connectivity index (χ3v) is 4.47. The summed E-state index contributed by atoms with van der Waals surface area (Å²) >= 11 is 0. The third-order valence-electron chi connectivity index (χ3n) is 4.47. The van der Waals surface area contributed by atoms with Crippen LogP contribution in [0.2, 0.25) is 0 Å². The van der Waals surface area contributed by atoms with E-state index in [-0.39, 0.29) is 11.5 Å². The van der Waals surface area contributed by atoms with Crippen molar-refractivity contribution in [3.63, 3.8) is 0 Å². The molecule has 0 saturated heterocycles. The van der Waals surface area contributed by atoms with Gasteiger partial charge >= 0.3 is 5.97 Å². The van der Waals surface area contributed by atoms with Gasteiger partial charge in [-0.1, -0.05) is 36.4 Å². The molecule has 0 saturated carbocycles. The van der Waals surface area contributed by atoms with Crippen molar-refractivity contribution in [2.45, 2.75) is 20.0 Å². The number of para-hydroxylation sites is 2. The van der Waals surface area contributed by atoms with E-state index in [0.29, 0.717) is 11.3 Å². The van der Waals surface area contributed by atoms with E-state index in [1.54, 1.807) is 20.0 Å². The largest absolute Gasteiger partial charge is 0.449 e. The lowest BCUT2D eigenvalue weighted by atomic mass is 10.1. The number of ether oxygens (including phenoxy) is 1. The number of H-pyrrole nitrogens is 1. The van der Waals surface area contributed by atoms with Crippen molar-refractivity contribution in [2.75, 3.05) is 0 Å². The van der Waals surface area contributed by atoms with Crippen LogP contribution in [0.5, 0.6) is 0 Å². The molecule has 0 aliphatic rings. The topological polar surface area (TPSA) is 89.9 Å². The lowest BCUT2D eigenvalue weighted by Gasteiger charge is -2.11. The Bertz CT molecular complexity index is 1160. The van der Waals surface area contributed by atoms with Crippen molar-refractivity contribution in [2.24, 2.45) is 0 Å². The van der Waals surface area contributed by atoms with Crippen LogP contribution in [0.1, 0.15) is 33.5 Å². The molecule has 1 atom stereocenters. The summed E-state index contributed by atoms with van der Waals surface area (Å²) in [6.45, 7) is 3.23. The molecule has 0 bridgehead atoms. The third kappa shape index (κ3) is 3.18. The maximum Gasteiger partial charge on any atom is 0.361 e. The van der Waals surface area contributed by atoms with E-state index in [0.717, 1.165) is 16.6 Å². The average Bonchev–Trinajstić information content (AvgIpc) is 3.32. The highest BCUT2D eigenvalue weighted by atomic mass is 16.5. The number of ketones is 1. The van der Waals surface area contributed by atoms with Crippen molar-refractivity contribution in [1.29, 1.82) is 0 Å². The van der Waals surface area contributed by atoms with Crippen molar-refractivity contribution in [3.05, 3.63) is 77.7 Å². The Morgan fingerprint density at radius 2 is 1.75 bits per heavy atom. The first-order chi connectivity index (χ1) is 13.5. The van der Waals surface area contributed by atoms with Crippen LogP contribution in [0.4, 0.5) is 0 Å². The molecule has 0 fully saturated rings. The van der Waals surface area contributed by atoms with Gasteiger partial charge in [0, 0.05) is 22.7 Å². The minimum Gasteiger partial charge on any atom is -0.449 e. The highest BCUT2D eigenvalue weighted by molar-refractivity contribution is 6.10. The van der Waals surface area contributed by atoms with E-state index >= 15 is 0 Å². The Hall–Kier alpha value is -3.74. The number of fused-ring (bicyclic) bond motifs is 1. The van der Waals surface area contributed by atoms with Crippen molar-refractivity contribution in [3.8, 4) is 5.69 Å². The molecular formula is C21H18N4O3. The molecule has 0 radical (unpaired) electrons. The van der Waals surface area contributed by atoms with Gasteiger partial charge in [-0.25, -0.2) is 4.79 Å². The molecule has 0 amide bonds. The number of nitrogens with one attached hydrogen (secondary N) is 1. The van der Waals surface area contributed by atoms with E-state index in [9.17, 15) is 9.59 Å². The Morgan fingerprint density at radius 1 is 1.04 bits per heavy atom. The lowest BCUT2D eigenvalue weighted by Crippen LogP contribution is -2.25. The molecule has 0 aliphatic carbocycles. The van der Waals surface area contributed by atoms with Gasteiger partial charge in [-0.05, 0) is 32.0 Å². The smallest absolute Gasteiger partial charge is 0.361 e. The molecule has 0 spiro atoms. The molecule has 1 N–H and O–H groups in total. The molecule has 4 aromatic rings. The van der Waals surface area contributed by atoms with Crippen molar-refractivity contribution in [1.82, 2.24) is 20.0 Å². The van der Waals surface area contributed by atoms with Gasteiger partial charge in [-0.3, -0.25) is 4.79 Å². The fraction of sp³-hybridized carbons (Fsp3) is 0.143. The van der Waals surface area contributed by atoms with Crippen LogP contribution in [0, 0.1) is 6.92 Å². The molecule has 140 valence electrons. The van der Waals surface area contributed by atoms with Crippen LogP contribution in [-0.4, -0.2) is 37.8 Å². The molecule has 7 nitrogen and oxygen atoms in total. The van der Waals surface area contributed by atoms with E-state index < -0.39 is 12.1 Å². The summed E-state index contributed by atoms with van der Waals surface area (Å²) in [4.78, 5) is 29.7. The fourth-order valence-electron chi connectivity index (χ4n) is 3.01. The molecule has 0 unspecified atom stereocenters. The van der Waals surface area contributed by atoms with Crippen LogP contribution >= 0.6 is 0 Å². The zero-order valence-electron chi connectivity index (χ0n) is 15.4. The molecule has 4 rings (SSSR count). The normalized spacial score (nSPS) is 12.1. The SMILES string of the molecule is Cc1nn(-c2ccccc2)nc1C(=O)O[C@H](C)C(=O)c1c[nH]c2ccccc12. The Balaban J connectivity index is 1.53. The zero-order valence-corrected chi connectivity index (χ0v) is 15.4. The number of benzene rings is 2. The number of aryl methyl sites for hydroxylation is 1. The van der Waals surface area contributed by atoms with Gasteiger partial charge in [-0.15, -0.1) is 5.10 Å². The molecule has 2 heterocycles. The number of aromatic nitrogens is 4. The number of hydrogen-bond donors (Lipinski definition) is 1. The number of carbonyl (C=O) groups is 2. The standard InChI is InChI=1S/C21H18N4O3/c1-13-19(24-25(23-13)15-8-4-3-5-9-15)21(27)28-14(2)20(26)17-12-22-18-11-7-6-10-16(17)18/h3-12,14,22H,1-2H3/t14-/m1/s1. The predicted molar refractivity (Wildman–Crippen MR) is 104 cm³/mol. The van der Waals surface area contributed by atoms with Gasteiger partial charge < -0.3 is 9.72 Å². The summed E-state index contributed by atoms with van der Waals surface area (Å²) < 4.78 is 5.38. The quantitative estimate of drug-likeness (QED) is 0.427. The van der Waals surface area contributed by atoms with E-state index in [1.165, 1.54) is 4.80 Å². The summed E-state index contributed by atoms with van der Waals surface area (Å²) in [6, 6.07) is 16.7. The van der Waals surface area contributed by atoms with E-state index in [2.05, 4.69) is 15.2 Å². The molecule has 28 heavy (non-hydrogen) atoms. The van der Waals surface area contributed by atoms with Crippen LogP contribution in [0.15, 0.2) is 60.8 Å². The Labute approximate surface area is 160 Å². The maximum absolute atomic E-state index is 12.8. The van der Waals surface area contributed by atoms with Gasteiger partial charge in [0.2, 0.25) is 5.78 Å². The summed E-state index contributed by atoms with van der Waals surface area (Å²) in [7, 11) is 0. The first kappa shape index (κ1) is 17.7. The number of rotatable bonds is 5. The van der Waals surface area contributed by atoms with E-state index in [4.69, 9.17) is 4.74 Å². The number of nitrogens with zero attached hydrogens (tertiary/aromatic N) is 3. The fourth-order valence-corrected chi connectivity index (χ4v) is 3.01. The average molecular weight is 374 g/mol. The first-order valence-corrected chi connectivity index (χ1v) is 8.85. The summed E-state index contributed by atoms with van der Waals surface area (Å²) in [5.74, 6) is -0.959. The second-order valence-electron chi connectivity index (χ2n) is 6.42. The predicted octanol–water partition coefficient (Wildman–Crippen LogP) is 3.49. The number of Topliss-reactive ketones (excluding diaryl/α,β-unsaturated/α-hetero) is 1. The van der Waals surface area contributed by atoms with Crippen molar-refractivity contribution < 1.29 is 14.3 Å². The highest BCUT2D eigenvalue weighted by Gasteiger charge is 2.25. The summed E-state index contributed by atoms with van der Waals surface area (Å²) in [6.07, 6.45) is 0.682. The second kappa shape index (κ2) is 7.11. The monoisotopic (exact) mass is 374 g/mol. The second-order valence-corrected chi connectivity index (χ2v) is 6.42. The van der Waals surface area contributed by atoms with Crippen LogP contribution in [0.25, 0.3) is 16.6 Å².